The molecule has 0 spiro atoms. The van der Waals surface area contributed by atoms with E-state index in [4.69, 9.17) is 9.98 Å². The molecule has 0 aliphatic rings. The predicted molar refractivity (Wildman–Crippen MR) is 224 cm³/mol. The van der Waals surface area contributed by atoms with Crippen LogP contribution in [0, 0.1) is 0 Å². The zero-order valence-corrected chi connectivity index (χ0v) is 28.9. The van der Waals surface area contributed by atoms with Crippen LogP contribution in [0.1, 0.15) is 11.1 Å². The number of aliphatic imine (C=N–C) groups is 2. The van der Waals surface area contributed by atoms with Crippen molar-refractivity contribution in [1.82, 2.24) is 14.1 Å². The molecule has 0 atom stereocenters. The lowest BCUT2D eigenvalue weighted by Crippen LogP contribution is -2.06. The molecule has 0 N–H and O–H groups in total. The Morgan fingerprint density at radius 3 is 1.72 bits per heavy atom. The van der Waals surface area contributed by atoms with E-state index in [2.05, 4.69) is 166 Å². The van der Waals surface area contributed by atoms with Gasteiger partial charge < -0.3 is 9.13 Å². The van der Waals surface area contributed by atoms with Crippen molar-refractivity contribution in [2.75, 3.05) is 0 Å². The van der Waals surface area contributed by atoms with Gasteiger partial charge in [0.25, 0.3) is 0 Å². The van der Waals surface area contributed by atoms with Crippen molar-refractivity contribution in [3.05, 3.63) is 187 Å². The molecular weight excluding hydrogens is 647 g/mol. The maximum absolute atomic E-state index is 5.59. The molecule has 5 heteroatoms. The van der Waals surface area contributed by atoms with Gasteiger partial charge in [0.1, 0.15) is 6.67 Å². The first-order valence-corrected chi connectivity index (χ1v) is 17.8. The molecule has 10 aromatic rings. The highest BCUT2D eigenvalue weighted by Gasteiger charge is 2.21. The molecule has 0 saturated carbocycles. The van der Waals surface area contributed by atoms with Crippen molar-refractivity contribution in [3.8, 4) is 5.69 Å². The first-order chi connectivity index (χ1) is 26.3. The Balaban J connectivity index is 1.31. The Hall–Kier alpha value is -7.11. The van der Waals surface area contributed by atoms with E-state index in [-0.39, 0.29) is 0 Å². The zero-order valence-electron chi connectivity index (χ0n) is 28.9. The summed E-state index contributed by atoms with van der Waals surface area (Å²) >= 11 is 0. The average molecular weight is 680 g/mol. The van der Waals surface area contributed by atoms with Crippen molar-refractivity contribution < 1.29 is 0 Å². The summed E-state index contributed by atoms with van der Waals surface area (Å²) in [6.45, 7) is 4.37. The highest BCUT2D eigenvalue weighted by atomic mass is 15.1. The Kier molecular flexibility index (Phi) is 7.29. The van der Waals surface area contributed by atoms with Gasteiger partial charge in [0, 0.05) is 49.1 Å². The fraction of sp³-hybridized carbons (Fsp3) is 0.0208. The van der Waals surface area contributed by atoms with Crippen molar-refractivity contribution in [1.29, 1.82) is 0 Å². The van der Waals surface area contributed by atoms with Crippen LogP contribution in [0.4, 0.5) is 0 Å². The summed E-state index contributed by atoms with van der Waals surface area (Å²) in [6, 6.07) is 59.4. The number of benzene rings is 7. The van der Waals surface area contributed by atoms with Gasteiger partial charge in [0.2, 0.25) is 0 Å². The molecule has 3 aromatic heterocycles. The summed E-state index contributed by atoms with van der Waals surface area (Å²) in [4.78, 5) is 15.2. The number of allylic oxidation sites excluding steroid dienone is 1. The Labute approximate surface area is 306 Å². The maximum atomic E-state index is 5.59. The van der Waals surface area contributed by atoms with Crippen molar-refractivity contribution >= 4 is 83.5 Å². The van der Waals surface area contributed by atoms with Gasteiger partial charge in [0.15, 0.2) is 0 Å². The average Bonchev–Trinajstić information content (AvgIpc) is 3.73. The van der Waals surface area contributed by atoms with Crippen LogP contribution in [0.25, 0.3) is 76.8 Å². The quantitative estimate of drug-likeness (QED) is 0.122. The first-order valence-electron chi connectivity index (χ1n) is 17.8. The number of rotatable bonds is 7. The van der Waals surface area contributed by atoms with E-state index in [1.165, 1.54) is 27.1 Å². The summed E-state index contributed by atoms with van der Waals surface area (Å²) < 4.78 is 4.79. The third-order valence-corrected chi connectivity index (χ3v) is 10.3. The van der Waals surface area contributed by atoms with Crippen LogP contribution in [0.2, 0.25) is 0 Å². The zero-order chi connectivity index (χ0) is 35.3. The van der Waals surface area contributed by atoms with Gasteiger partial charge in [0.05, 0.1) is 44.5 Å². The molecule has 0 aliphatic carbocycles. The SMILES string of the molecule is C=N/C(=C\C(=N/Cn1c2ccccc2c2ccc3c4ccccc4n(-c4ccccc4)c3c21)c1c2ccccc2nc2ccccc12)c1ccccc1. The Morgan fingerprint density at radius 2 is 1.06 bits per heavy atom. The third-order valence-electron chi connectivity index (χ3n) is 10.3. The van der Waals surface area contributed by atoms with Crippen LogP contribution in [-0.2, 0) is 6.67 Å². The molecule has 0 unspecified atom stereocenters. The highest BCUT2D eigenvalue weighted by molar-refractivity contribution is 6.26. The summed E-state index contributed by atoms with van der Waals surface area (Å²) in [5.41, 5.74) is 11.1. The lowest BCUT2D eigenvalue weighted by atomic mass is 9.97. The third kappa shape index (κ3) is 4.97. The van der Waals surface area contributed by atoms with Crippen LogP contribution < -0.4 is 0 Å². The molecule has 5 nitrogen and oxygen atoms in total. The molecule has 10 rings (SSSR count). The molecule has 3 heterocycles. The van der Waals surface area contributed by atoms with E-state index in [1.807, 2.05) is 30.3 Å². The minimum Gasteiger partial charge on any atom is -0.318 e. The summed E-state index contributed by atoms with van der Waals surface area (Å²) in [5.74, 6) is 0. The number of nitrogens with zero attached hydrogens (tertiary/aromatic N) is 5. The second-order valence-corrected chi connectivity index (χ2v) is 13.3. The summed E-state index contributed by atoms with van der Waals surface area (Å²) in [6.07, 6.45) is 2.08. The van der Waals surface area contributed by atoms with Crippen LogP contribution >= 0.6 is 0 Å². The Bertz CT molecular complexity index is 3040. The van der Waals surface area contributed by atoms with Crippen LogP contribution in [0.3, 0.4) is 0 Å². The van der Waals surface area contributed by atoms with E-state index < -0.39 is 0 Å². The largest absolute Gasteiger partial charge is 0.318 e. The van der Waals surface area contributed by atoms with Gasteiger partial charge in [-0.3, -0.25) is 9.98 Å². The number of para-hydroxylation sites is 5. The van der Waals surface area contributed by atoms with E-state index in [0.29, 0.717) is 6.67 Å². The van der Waals surface area contributed by atoms with Crippen molar-refractivity contribution in [2.24, 2.45) is 9.98 Å². The monoisotopic (exact) mass is 679 g/mol. The normalized spacial score (nSPS) is 12.5. The van der Waals surface area contributed by atoms with Crippen LogP contribution in [0.5, 0.6) is 0 Å². The van der Waals surface area contributed by atoms with E-state index >= 15 is 0 Å². The molecule has 0 fully saturated rings. The second kappa shape index (κ2) is 12.6. The Morgan fingerprint density at radius 1 is 0.528 bits per heavy atom. The highest BCUT2D eigenvalue weighted by Crippen LogP contribution is 2.40. The predicted octanol–water partition coefficient (Wildman–Crippen LogP) is 11.8. The maximum Gasteiger partial charge on any atom is 0.115 e. The summed E-state index contributed by atoms with van der Waals surface area (Å²) in [7, 11) is 0. The lowest BCUT2D eigenvalue weighted by molar-refractivity contribution is 0.794. The molecule has 0 aliphatic heterocycles. The molecule has 53 heavy (non-hydrogen) atoms. The molecule has 0 bridgehead atoms. The number of hydrogen-bond acceptors (Lipinski definition) is 3. The number of fused-ring (bicyclic) bond motifs is 9. The van der Waals surface area contributed by atoms with Gasteiger partial charge in [-0.1, -0.05) is 133 Å². The molecule has 0 saturated heterocycles. The minimum absolute atomic E-state index is 0.371. The second-order valence-electron chi connectivity index (χ2n) is 13.3. The lowest BCUT2D eigenvalue weighted by Gasteiger charge is -2.14. The molecule has 250 valence electrons. The molecule has 0 amide bonds. The van der Waals surface area contributed by atoms with Crippen molar-refractivity contribution in [3.63, 3.8) is 0 Å². The smallest absolute Gasteiger partial charge is 0.115 e. The van der Waals surface area contributed by atoms with Crippen molar-refractivity contribution in [2.45, 2.75) is 6.67 Å². The molecular formula is C48H33N5. The van der Waals surface area contributed by atoms with E-state index in [0.717, 1.165) is 66.6 Å². The number of hydrogen-bond donors (Lipinski definition) is 0. The van der Waals surface area contributed by atoms with Gasteiger partial charge in [-0.25, -0.2) is 4.98 Å². The minimum atomic E-state index is 0.371. The van der Waals surface area contributed by atoms with Crippen LogP contribution in [-0.4, -0.2) is 26.5 Å². The van der Waals surface area contributed by atoms with Gasteiger partial charge in [-0.15, -0.1) is 0 Å². The first kappa shape index (κ1) is 30.7. The van der Waals surface area contributed by atoms with Gasteiger partial charge in [-0.2, -0.15) is 0 Å². The van der Waals surface area contributed by atoms with Crippen LogP contribution in [0.15, 0.2) is 186 Å². The molecule has 0 radical (unpaired) electrons. The fourth-order valence-electron chi connectivity index (χ4n) is 8.00. The molecule has 7 aromatic carbocycles. The number of aromatic nitrogens is 3. The summed E-state index contributed by atoms with van der Waals surface area (Å²) in [5, 5.41) is 6.88. The standard InChI is InChI=1S/C48H33N5/c1-49-42(32-16-4-2-5-17-32)30-43(46-38-22-8-12-24-40(38)51-41-25-13-9-23-39(41)46)50-31-52-44-26-14-10-20-34(44)36-28-29-37-35-21-11-15-27-45(35)53(48(37)47(36)52)33-18-6-3-7-19-33/h2-30H,1,31H2/b42-30-,50-43+. The number of pyridine rings is 1. The van der Waals surface area contributed by atoms with Gasteiger partial charge in [-0.05, 0) is 49.2 Å². The fourth-order valence-corrected chi connectivity index (χ4v) is 8.00. The topological polar surface area (TPSA) is 47.5 Å². The van der Waals surface area contributed by atoms with E-state index in [9.17, 15) is 0 Å². The van der Waals surface area contributed by atoms with E-state index in [1.54, 1.807) is 0 Å². The van der Waals surface area contributed by atoms with Gasteiger partial charge >= 0.3 is 0 Å².